The van der Waals surface area contributed by atoms with E-state index < -0.39 is 23.5 Å². The summed E-state index contributed by atoms with van der Waals surface area (Å²) in [6.07, 6.45) is -6.23. The normalized spacial score (nSPS) is 16.3. The molecule has 0 aromatic heterocycles. The smallest absolute Gasteiger partial charge is 0.379 e. The maximum absolute atomic E-state index is 13.1. The fraction of sp³-hybridized carbons (Fsp3) is 0.429. The van der Waals surface area contributed by atoms with Crippen LogP contribution in [0, 0.1) is 0 Å². The minimum Gasteiger partial charge on any atom is -0.379 e. The second-order valence-corrected chi connectivity index (χ2v) is 7.40. The van der Waals surface area contributed by atoms with Gasteiger partial charge in [-0.3, -0.25) is 0 Å². The number of ether oxygens (including phenoxy) is 1. The number of allylic oxidation sites excluding steroid dienone is 1. The number of fused-ring (bicyclic) bond motifs is 1. The SMILES string of the molecule is C=C(C)c1cccc2c(C(C)(C)OC(C)C(C)(O)C(F)(F)F)cccc12. The lowest BCUT2D eigenvalue weighted by Gasteiger charge is -2.38. The van der Waals surface area contributed by atoms with E-state index in [2.05, 4.69) is 6.58 Å². The van der Waals surface area contributed by atoms with Crippen molar-refractivity contribution in [1.82, 2.24) is 0 Å². The summed E-state index contributed by atoms with van der Waals surface area (Å²) in [7, 11) is 0. The van der Waals surface area contributed by atoms with Gasteiger partial charge in [-0.1, -0.05) is 48.6 Å². The molecule has 0 aliphatic carbocycles. The third kappa shape index (κ3) is 3.64. The van der Waals surface area contributed by atoms with Gasteiger partial charge in [-0.2, -0.15) is 13.2 Å². The first-order valence-corrected chi connectivity index (χ1v) is 8.44. The van der Waals surface area contributed by atoms with Crippen molar-refractivity contribution in [3.8, 4) is 0 Å². The van der Waals surface area contributed by atoms with Gasteiger partial charge in [0.25, 0.3) is 0 Å². The monoisotopic (exact) mass is 366 g/mol. The Bertz CT molecular complexity index is 820. The third-order valence-corrected chi connectivity index (χ3v) is 4.87. The molecule has 0 saturated carbocycles. The van der Waals surface area contributed by atoms with Crippen LogP contribution in [0.4, 0.5) is 13.2 Å². The molecule has 0 fully saturated rings. The van der Waals surface area contributed by atoms with Crippen molar-refractivity contribution in [3.63, 3.8) is 0 Å². The maximum Gasteiger partial charge on any atom is 0.419 e. The summed E-state index contributed by atoms with van der Waals surface area (Å²) in [5.41, 5.74) is -1.35. The molecule has 0 spiro atoms. The molecule has 2 aromatic rings. The van der Waals surface area contributed by atoms with Crippen LogP contribution in [0.25, 0.3) is 16.3 Å². The molecule has 0 saturated heterocycles. The van der Waals surface area contributed by atoms with Crippen molar-refractivity contribution >= 4 is 16.3 Å². The molecule has 2 atom stereocenters. The van der Waals surface area contributed by atoms with Gasteiger partial charge in [0.2, 0.25) is 0 Å². The van der Waals surface area contributed by atoms with E-state index in [4.69, 9.17) is 4.74 Å². The molecule has 0 aliphatic rings. The quantitative estimate of drug-likeness (QED) is 0.722. The summed E-state index contributed by atoms with van der Waals surface area (Å²) < 4.78 is 45.1. The molecule has 0 aliphatic heterocycles. The van der Waals surface area contributed by atoms with Gasteiger partial charge in [0.05, 0.1) is 11.7 Å². The molecule has 26 heavy (non-hydrogen) atoms. The largest absolute Gasteiger partial charge is 0.419 e. The topological polar surface area (TPSA) is 29.5 Å². The zero-order valence-corrected chi connectivity index (χ0v) is 15.7. The fourth-order valence-electron chi connectivity index (χ4n) is 3.06. The van der Waals surface area contributed by atoms with E-state index in [-0.39, 0.29) is 0 Å². The number of rotatable bonds is 5. The Morgan fingerprint density at radius 3 is 2.12 bits per heavy atom. The summed E-state index contributed by atoms with van der Waals surface area (Å²) in [6.45, 7) is 11.3. The molecule has 0 bridgehead atoms. The highest BCUT2D eigenvalue weighted by Gasteiger charge is 2.55. The van der Waals surface area contributed by atoms with E-state index in [1.807, 2.05) is 43.3 Å². The average molecular weight is 366 g/mol. The highest BCUT2D eigenvalue weighted by Crippen LogP contribution is 2.39. The molecule has 2 unspecified atom stereocenters. The maximum atomic E-state index is 13.1. The Morgan fingerprint density at radius 2 is 1.58 bits per heavy atom. The summed E-state index contributed by atoms with van der Waals surface area (Å²) in [5.74, 6) is 0. The minimum absolute atomic E-state index is 0.732. The Labute approximate surface area is 152 Å². The molecule has 0 amide bonds. The van der Waals surface area contributed by atoms with E-state index >= 15 is 0 Å². The van der Waals surface area contributed by atoms with Crippen LogP contribution in [0.3, 0.4) is 0 Å². The number of hydrogen-bond donors (Lipinski definition) is 1. The second-order valence-electron chi connectivity index (χ2n) is 7.40. The van der Waals surface area contributed by atoms with Gasteiger partial charge in [0, 0.05) is 0 Å². The first kappa shape index (κ1) is 20.5. The van der Waals surface area contributed by atoms with E-state index in [0.717, 1.165) is 34.4 Å². The van der Waals surface area contributed by atoms with Crippen LogP contribution in [0.15, 0.2) is 43.0 Å². The third-order valence-electron chi connectivity index (χ3n) is 4.87. The van der Waals surface area contributed by atoms with Gasteiger partial charge in [-0.05, 0) is 56.5 Å². The molecular weight excluding hydrogens is 341 g/mol. The van der Waals surface area contributed by atoms with Crippen LogP contribution in [0.1, 0.15) is 45.7 Å². The first-order valence-electron chi connectivity index (χ1n) is 8.44. The second kappa shape index (κ2) is 6.71. The first-order chi connectivity index (χ1) is 11.8. The van der Waals surface area contributed by atoms with Gasteiger partial charge in [-0.15, -0.1) is 0 Å². The van der Waals surface area contributed by atoms with E-state index in [9.17, 15) is 18.3 Å². The Morgan fingerprint density at radius 1 is 1.04 bits per heavy atom. The van der Waals surface area contributed by atoms with Crippen LogP contribution in [0.2, 0.25) is 0 Å². The molecule has 0 heterocycles. The summed E-state index contributed by atoms with van der Waals surface area (Å²) in [5, 5.41) is 11.7. The van der Waals surface area contributed by atoms with Crippen LogP contribution in [-0.2, 0) is 10.3 Å². The number of benzene rings is 2. The predicted molar refractivity (Wildman–Crippen MR) is 98.9 cm³/mol. The Balaban J connectivity index is 2.50. The van der Waals surface area contributed by atoms with E-state index in [0.29, 0.717) is 0 Å². The standard InChI is InChI=1S/C21H25F3O2/c1-13(2)15-9-7-11-17-16(15)10-8-12-18(17)19(4,5)26-14(3)20(6,25)21(22,23)24/h7-12,14,25H,1H2,2-6H3. The lowest BCUT2D eigenvalue weighted by atomic mass is 9.88. The molecule has 2 rings (SSSR count). The molecule has 1 N–H and O–H groups in total. The summed E-state index contributed by atoms with van der Waals surface area (Å²) >= 11 is 0. The minimum atomic E-state index is -4.78. The summed E-state index contributed by atoms with van der Waals surface area (Å²) in [6, 6.07) is 11.4. The highest BCUT2D eigenvalue weighted by molar-refractivity contribution is 5.95. The van der Waals surface area contributed by atoms with E-state index in [1.54, 1.807) is 13.8 Å². The number of hydrogen-bond acceptors (Lipinski definition) is 2. The molecular formula is C21H25F3O2. The average Bonchev–Trinajstić information content (AvgIpc) is 2.51. The molecule has 142 valence electrons. The highest BCUT2D eigenvalue weighted by atomic mass is 19.4. The van der Waals surface area contributed by atoms with Crippen molar-refractivity contribution in [2.75, 3.05) is 0 Å². The fourth-order valence-corrected chi connectivity index (χ4v) is 3.06. The summed E-state index contributed by atoms with van der Waals surface area (Å²) in [4.78, 5) is 0. The van der Waals surface area contributed by atoms with Gasteiger partial charge in [0.15, 0.2) is 5.60 Å². The molecule has 2 nitrogen and oxygen atoms in total. The predicted octanol–water partition coefficient (Wildman–Crippen LogP) is 5.83. The van der Waals surface area contributed by atoms with Crippen molar-refractivity contribution in [2.45, 2.75) is 58.1 Å². The zero-order chi connectivity index (χ0) is 19.9. The zero-order valence-electron chi connectivity index (χ0n) is 15.7. The van der Waals surface area contributed by atoms with Crippen molar-refractivity contribution in [3.05, 3.63) is 54.1 Å². The van der Waals surface area contributed by atoms with Gasteiger partial charge in [0.1, 0.15) is 0 Å². The van der Waals surface area contributed by atoms with Crippen molar-refractivity contribution < 1.29 is 23.0 Å². The van der Waals surface area contributed by atoms with Gasteiger partial charge < -0.3 is 9.84 Å². The van der Waals surface area contributed by atoms with Crippen molar-refractivity contribution in [1.29, 1.82) is 0 Å². The number of halogens is 3. The molecule has 0 radical (unpaired) electrons. The molecule has 2 aromatic carbocycles. The van der Waals surface area contributed by atoms with E-state index in [1.165, 1.54) is 6.92 Å². The lowest BCUT2D eigenvalue weighted by molar-refractivity contribution is -0.298. The van der Waals surface area contributed by atoms with Crippen molar-refractivity contribution in [2.24, 2.45) is 0 Å². The Hall–Kier alpha value is -1.85. The number of alkyl halides is 3. The Kier molecular flexibility index (Phi) is 5.28. The van der Waals surface area contributed by atoms with Crippen LogP contribution < -0.4 is 0 Å². The molecule has 5 heteroatoms. The van der Waals surface area contributed by atoms with Crippen LogP contribution in [0.5, 0.6) is 0 Å². The number of aliphatic hydroxyl groups is 1. The van der Waals surface area contributed by atoms with Crippen LogP contribution >= 0.6 is 0 Å². The van der Waals surface area contributed by atoms with Gasteiger partial charge in [-0.25, -0.2) is 0 Å². The lowest BCUT2D eigenvalue weighted by Crippen LogP contribution is -2.53. The van der Waals surface area contributed by atoms with Gasteiger partial charge >= 0.3 is 6.18 Å². The van der Waals surface area contributed by atoms with Crippen LogP contribution in [-0.4, -0.2) is 23.0 Å².